The summed E-state index contributed by atoms with van der Waals surface area (Å²) in [5, 5.41) is 10.7. The van der Waals surface area contributed by atoms with Crippen molar-refractivity contribution >= 4 is 15.7 Å². The number of hydrogen-bond donors (Lipinski definition) is 1. The largest absolute Gasteiger partial charge is 0.365 e. The van der Waals surface area contributed by atoms with Crippen molar-refractivity contribution in [3.8, 4) is 11.3 Å². The predicted octanol–water partition coefficient (Wildman–Crippen LogP) is 2.27. The van der Waals surface area contributed by atoms with Crippen LogP contribution in [0.15, 0.2) is 30.3 Å². The van der Waals surface area contributed by atoms with Crippen LogP contribution < -0.4 is 5.32 Å². The van der Waals surface area contributed by atoms with Gasteiger partial charge in [0.1, 0.15) is 17.5 Å². The Balaban J connectivity index is 1.81. The Bertz CT molecular complexity index is 805. The van der Waals surface area contributed by atoms with Crippen LogP contribution in [-0.4, -0.2) is 36.2 Å². The lowest BCUT2D eigenvalue weighted by Gasteiger charge is -2.15. The van der Waals surface area contributed by atoms with Crippen LogP contribution in [-0.2, 0) is 9.84 Å². The highest BCUT2D eigenvalue weighted by atomic mass is 32.2. The maximum Gasteiger partial charge on any atom is 0.152 e. The molecule has 1 aliphatic heterocycles. The zero-order valence-corrected chi connectivity index (χ0v) is 13.1. The lowest BCUT2D eigenvalue weighted by Crippen LogP contribution is -2.26. The number of rotatable bonds is 3. The lowest BCUT2D eigenvalue weighted by molar-refractivity contribution is 0.587. The summed E-state index contributed by atoms with van der Waals surface area (Å²) in [5.74, 6) is -0.910. The van der Waals surface area contributed by atoms with E-state index in [1.165, 1.54) is 18.2 Å². The monoisotopic (exact) mass is 339 g/mol. The molecule has 0 aliphatic carbocycles. The highest BCUT2D eigenvalue weighted by molar-refractivity contribution is 7.91. The van der Waals surface area contributed by atoms with Crippen LogP contribution >= 0.6 is 0 Å². The minimum atomic E-state index is -3.04. The first-order chi connectivity index (χ1) is 10.9. The van der Waals surface area contributed by atoms with Crippen molar-refractivity contribution in [3.05, 3.63) is 42.0 Å². The summed E-state index contributed by atoms with van der Waals surface area (Å²) in [6, 6.07) is 6.32. The van der Waals surface area contributed by atoms with Crippen molar-refractivity contribution in [1.29, 1.82) is 0 Å². The molecule has 1 aromatic heterocycles. The fourth-order valence-corrected chi connectivity index (χ4v) is 4.81. The van der Waals surface area contributed by atoms with Crippen molar-refractivity contribution in [2.24, 2.45) is 5.92 Å². The van der Waals surface area contributed by atoms with Gasteiger partial charge in [-0.15, -0.1) is 10.2 Å². The molecule has 1 saturated heterocycles. The second kappa shape index (κ2) is 5.84. The van der Waals surface area contributed by atoms with Gasteiger partial charge in [0.25, 0.3) is 0 Å². The van der Waals surface area contributed by atoms with E-state index in [1.54, 1.807) is 0 Å². The van der Waals surface area contributed by atoms with Crippen LogP contribution in [0.1, 0.15) is 6.92 Å². The Labute approximate surface area is 132 Å². The third kappa shape index (κ3) is 3.31. The quantitative estimate of drug-likeness (QED) is 0.929. The van der Waals surface area contributed by atoms with Gasteiger partial charge < -0.3 is 5.32 Å². The summed E-state index contributed by atoms with van der Waals surface area (Å²) in [6.07, 6.45) is 0. The maximum absolute atomic E-state index is 13.7. The van der Waals surface area contributed by atoms with Gasteiger partial charge >= 0.3 is 0 Å². The predicted molar refractivity (Wildman–Crippen MR) is 82.6 cm³/mol. The summed E-state index contributed by atoms with van der Waals surface area (Å²) < 4.78 is 50.6. The van der Waals surface area contributed by atoms with Gasteiger partial charge in [-0.3, -0.25) is 0 Å². The normalized spacial score (nSPS) is 22.9. The fourth-order valence-electron chi connectivity index (χ4n) is 2.68. The number of sulfone groups is 1. The second-order valence-electron chi connectivity index (χ2n) is 5.71. The molecule has 0 amide bonds. The van der Waals surface area contributed by atoms with E-state index in [4.69, 9.17) is 0 Å². The SMILES string of the molecule is C[C@@H]1CS(=O)(=O)C[C@@H]1Nc1ccc(-c2c(F)cccc2F)nn1. The van der Waals surface area contributed by atoms with Gasteiger partial charge in [-0.1, -0.05) is 13.0 Å². The minimum Gasteiger partial charge on any atom is -0.365 e. The minimum absolute atomic E-state index is 0.0366. The highest BCUT2D eigenvalue weighted by Gasteiger charge is 2.34. The maximum atomic E-state index is 13.7. The Morgan fingerprint density at radius 3 is 2.30 bits per heavy atom. The van der Waals surface area contributed by atoms with Gasteiger partial charge in [0, 0.05) is 6.04 Å². The summed E-state index contributed by atoms with van der Waals surface area (Å²) >= 11 is 0. The number of aromatic nitrogens is 2. The van der Waals surface area contributed by atoms with E-state index in [9.17, 15) is 17.2 Å². The van der Waals surface area contributed by atoms with Crippen molar-refractivity contribution in [2.75, 3.05) is 16.8 Å². The molecule has 0 bridgehead atoms. The zero-order valence-electron chi connectivity index (χ0n) is 12.3. The molecule has 1 aliphatic rings. The summed E-state index contributed by atoms with van der Waals surface area (Å²) in [6.45, 7) is 1.85. The van der Waals surface area contributed by atoms with Crippen LogP contribution in [0, 0.1) is 17.6 Å². The van der Waals surface area contributed by atoms with Crippen LogP contribution in [0.4, 0.5) is 14.6 Å². The molecule has 8 heteroatoms. The van der Waals surface area contributed by atoms with Crippen LogP contribution in [0.2, 0.25) is 0 Å². The Hall–Kier alpha value is -2.09. The third-order valence-corrected chi connectivity index (χ3v) is 5.75. The van der Waals surface area contributed by atoms with Gasteiger partial charge in [-0.05, 0) is 30.2 Å². The zero-order chi connectivity index (χ0) is 16.6. The molecule has 23 heavy (non-hydrogen) atoms. The molecule has 0 spiro atoms. The standard InChI is InChI=1S/C15H15F2N3O2S/c1-9-7-23(21,22)8-13(9)18-14-6-5-12(19-20-14)15-10(16)3-2-4-11(15)17/h2-6,9,13H,7-8H2,1H3,(H,18,20)/t9-,13+/m1/s1. The number of hydrogen-bond acceptors (Lipinski definition) is 5. The molecule has 2 atom stereocenters. The molecule has 0 radical (unpaired) electrons. The molecule has 0 unspecified atom stereocenters. The molecule has 122 valence electrons. The molecular weight excluding hydrogens is 324 g/mol. The summed E-state index contributed by atoms with van der Waals surface area (Å²) in [5.41, 5.74) is -0.151. The molecule has 3 rings (SSSR count). The molecule has 5 nitrogen and oxygen atoms in total. The fraction of sp³-hybridized carbons (Fsp3) is 0.333. The van der Waals surface area contributed by atoms with E-state index in [1.807, 2.05) is 6.92 Å². The van der Waals surface area contributed by atoms with Gasteiger partial charge in [0.2, 0.25) is 0 Å². The first-order valence-electron chi connectivity index (χ1n) is 7.11. The summed E-state index contributed by atoms with van der Waals surface area (Å²) in [7, 11) is -3.04. The molecule has 1 aromatic carbocycles. The number of nitrogens with zero attached hydrogens (tertiary/aromatic N) is 2. The van der Waals surface area contributed by atoms with Crippen molar-refractivity contribution in [1.82, 2.24) is 10.2 Å². The van der Waals surface area contributed by atoms with Crippen LogP contribution in [0.5, 0.6) is 0 Å². The molecule has 2 heterocycles. The van der Waals surface area contributed by atoms with Gasteiger partial charge in [0.05, 0.1) is 22.8 Å². The average Bonchev–Trinajstić information content (AvgIpc) is 2.73. The average molecular weight is 339 g/mol. The van der Waals surface area contributed by atoms with E-state index < -0.39 is 21.5 Å². The molecule has 0 saturated carbocycles. The number of nitrogens with one attached hydrogen (secondary N) is 1. The Kier molecular flexibility index (Phi) is 4.01. The van der Waals surface area contributed by atoms with Crippen molar-refractivity contribution < 1.29 is 17.2 Å². The summed E-state index contributed by atoms with van der Waals surface area (Å²) in [4.78, 5) is 0. The van der Waals surface area contributed by atoms with Crippen LogP contribution in [0.3, 0.4) is 0 Å². The van der Waals surface area contributed by atoms with E-state index in [-0.39, 0.29) is 34.7 Å². The van der Waals surface area contributed by atoms with Gasteiger partial charge in [0.15, 0.2) is 9.84 Å². The van der Waals surface area contributed by atoms with Gasteiger partial charge in [-0.25, -0.2) is 17.2 Å². The van der Waals surface area contributed by atoms with E-state index >= 15 is 0 Å². The van der Waals surface area contributed by atoms with E-state index in [2.05, 4.69) is 15.5 Å². The molecule has 2 aromatic rings. The van der Waals surface area contributed by atoms with Gasteiger partial charge in [-0.2, -0.15) is 0 Å². The molecule has 1 fully saturated rings. The smallest absolute Gasteiger partial charge is 0.152 e. The first-order valence-corrected chi connectivity index (χ1v) is 8.93. The Morgan fingerprint density at radius 2 is 1.78 bits per heavy atom. The highest BCUT2D eigenvalue weighted by Crippen LogP contribution is 2.25. The Morgan fingerprint density at radius 1 is 1.09 bits per heavy atom. The number of anilines is 1. The second-order valence-corrected chi connectivity index (χ2v) is 7.86. The lowest BCUT2D eigenvalue weighted by atomic mass is 10.1. The van der Waals surface area contributed by atoms with E-state index in [0.29, 0.717) is 5.82 Å². The number of benzene rings is 1. The van der Waals surface area contributed by atoms with Crippen molar-refractivity contribution in [2.45, 2.75) is 13.0 Å². The van der Waals surface area contributed by atoms with Crippen LogP contribution in [0.25, 0.3) is 11.3 Å². The number of halogens is 2. The van der Waals surface area contributed by atoms with Crippen molar-refractivity contribution in [3.63, 3.8) is 0 Å². The third-order valence-electron chi connectivity index (χ3n) is 3.85. The topological polar surface area (TPSA) is 72.0 Å². The first kappa shape index (κ1) is 15.8. The molecule has 1 N–H and O–H groups in total. The molecular formula is C15H15F2N3O2S. The van der Waals surface area contributed by atoms with E-state index in [0.717, 1.165) is 12.1 Å².